The number of fused-ring (bicyclic) bond motifs is 5. The van der Waals surface area contributed by atoms with Crippen LogP contribution in [0.5, 0.6) is 0 Å². The maximum Gasteiger partial charge on any atom is 0.0577 e. The third kappa shape index (κ3) is 2.96. The molecule has 0 amide bonds. The second kappa shape index (κ2) is 7.10. The average molecular weight is 413 g/mol. The van der Waals surface area contributed by atoms with E-state index in [-0.39, 0.29) is 6.10 Å². The average Bonchev–Trinajstić information content (AvgIpc) is 3.03. The van der Waals surface area contributed by atoms with Crippen molar-refractivity contribution in [1.29, 1.82) is 0 Å². The van der Waals surface area contributed by atoms with E-state index in [1.807, 2.05) is 0 Å². The molecule has 0 aromatic carbocycles. The highest BCUT2D eigenvalue weighted by atomic mass is 16.3. The van der Waals surface area contributed by atoms with Gasteiger partial charge in [0.2, 0.25) is 0 Å². The highest BCUT2D eigenvalue weighted by Gasteiger charge is 2.61. The number of aliphatic hydroxyl groups excluding tert-OH is 1. The second-order valence-electron chi connectivity index (χ2n) is 13.5. The van der Waals surface area contributed by atoms with E-state index in [0.717, 1.165) is 54.3 Å². The van der Waals surface area contributed by atoms with Crippen molar-refractivity contribution in [3.8, 4) is 0 Å². The zero-order valence-electron chi connectivity index (χ0n) is 20.7. The van der Waals surface area contributed by atoms with E-state index in [0.29, 0.717) is 16.2 Å². The zero-order valence-corrected chi connectivity index (χ0v) is 20.7. The van der Waals surface area contributed by atoms with Crippen LogP contribution in [0.4, 0.5) is 0 Å². The fourth-order valence-electron chi connectivity index (χ4n) is 10.3. The number of hydrogen-bond donors (Lipinski definition) is 1. The third-order valence-electron chi connectivity index (χ3n) is 12.2. The summed E-state index contributed by atoms with van der Waals surface area (Å²) in [5, 5.41) is 10.3. The third-order valence-corrected chi connectivity index (χ3v) is 12.2. The van der Waals surface area contributed by atoms with E-state index < -0.39 is 0 Å². The van der Waals surface area contributed by atoms with Crippen LogP contribution in [0.2, 0.25) is 0 Å². The summed E-state index contributed by atoms with van der Waals surface area (Å²) in [5.41, 5.74) is 3.19. The van der Waals surface area contributed by atoms with Crippen molar-refractivity contribution in [1.82, 2.24) is 0 Å². The van der Waals surface area contributed by atoms with Crippen LogP contribution in [-0.2, 0) is 0 Å². The number of rotatable bonds is 4. The highest BCUT2D eigenvalue weighted by Crippen LogP contribution is 2.69. The molecule has 1 nitrogen and oxygen atoms in total. The van der Waals surface area contributed by atoms with Gasteiger partial charge in [-0.05, 0) is 115 Å². The van der Waals surface area contributed by atoms with Crippen LogP contribution < -0.4 is 0 Å². The maximum atomic E-state index is 10.3. The van der Waals surface area contributed by atoms with Gasteiger partial charge in [-0.1, -0.05) is 59.6 Å². The van der Waals surface area contributed by atoms with E-state index in [4.69, 9.17) is 0 Å². The summed E-state index contributed by atoms with van der Waals surface area (Å²) in [4.78, 5) is 0. The largest absolute Gasteiger partial charge is 0.393 e. The zero-order chi connectivity index (χ0) is 21.5. The summed E-state index contributed by atoms with van der Waals surface area (Å²) in [6.07, 6.45) is 15.8. The lowest BCUT2D eigenvalue weighted by molar-refractivity contribution is -0.0576. The minimum Gasteiger partial charge on any atom is -0.393 e. The minimum absolute atomic E-state index is 0.0786. The van der Waals surface area contributed by atoms with Gasteiger partial charge in [-0.3, -0.25) is 0 Å². The summed E-state index contributed by atoms with van der Waals surface area (Å²) >= 11 is 0. The van der Waals surface area contributed by atoms with Crippen LogP contribution >= 0.6 is 0 Å². The Morgan fingerprint density at radius 1 is 1.00 bits per heavy atom. The molecule has 0 aromatic rings. The van der Waals surface area contributed by atoms with Crippen LogP contribution in [0.15, 0.2) is 11.6 Å². The van der Waals surface area contributed by atoms with Gasteiger partial charge in [0.1, 0.15) is 0 Å². The first-order chi connectivity index (χ1) is 14.1. The van der Waals surface area contributed by atoms with Crippen molar-refractivity contribution in [2.45, 2.75) is 112 Å². The van der Waals surface area contributed by atoms with Crippen LogP contribution in [-0.4, -0.2) is 11.2 Å². The Labute approximate surface area is 186 Å². The first-order valence-corrected chi connectivity index (χ1v) is 13.5. The summed E-state index contributed by atoms with van der Waals surface area (Å²) < 4.78 is 0. The Morgan fingerprint density at radius 2 is 1.77 bits per heavy atom. The Balaban J connectivity index is 1.33. The molecule has 0 bridgehead atoms. The first-order valence-electron chi connectivity index (χ1n) is 13.5. The van der Waals surface area contributed by atoms with Gasteiger partial charge < -0.3 is 5.11 Å². The maximum absolute atomic E-state index is 10.3. The van der Waals surface area contributed by atoms with Crippen molar-refractivity contribution in [2.75, 3.05) is 0 Å². The van der Waals surface area contributed by atoms with Gasteiger partial charge in [0, 0.05) is 0 Å². The lowest BCUT2D eigenvalue weighted by Gasteiger charge is -2.58. The molecule has 4 saturated carbocycles. The summed E-state index contributed by atoms with van der Waals surface area (Å²) in [6.45, 7) is 15.4. The molecule has 0 radical (unpaired) electrons. The lowest BCUT2D eigenvalue weighted by Crippen LogP contribution is -2.50. The van der Waals surface area contributed by atoms with Crippen molar-refractivity contribution in [3.63, 3.8) is 0 Å². The molecule has 0 unspecified atom stereocenters. The summed E-state index contributed by atoms with van der Waals surface area (Å²) in [7, 11) is 0. The summed E-state index contributed by atoms with van der Waals surface area (Å²) in [5.74, 6) is 6.53. The summed E-state index contributed by atoms with van der Waals surface area (Å²) in [6, 6.07) is 0. The second-order valence-corrected chi connectivity index (χ2v) is 13.5. The molecule has 5 aliphatic rings. The predicted molar refractivity (Wildman–Crippen MR) is 126 cm³/mol. The fraction of sp³-hybridized carbons (Fsp3) is 0.931. The number of hydrogen-bond acceptors (Lipinski definition) is 1. The molecule has 10 atom stereocenters. The smallest absolute Gasteiger partial charge is 0.0577 e. The van der Waals surface area contributed by atoms with E-state index in [9.17, 15) is 5.11 Å². The molecule has 30 heavy (non-hydrogen) atoms. The first kappa shape index (κ1) is 21.5. The molecule has 0 aliphatic heterocycles. The van der Waals surface area contributed by atoms with E-state index >= 15 is 0 Å². The molecular formula is C29H48O. The van der Waals surface area contributed by atoms with Crippen molar-refractivity contribution < 1.29 is 5.11 Å². The topological polar surface area (TPSA) is 20.2 Å². The van der Waals surface area contributed by atoms with Crippen molar-refractivity contribution in [2.24, 2.45) is 57.7 Å². The minimum atomic E-state index is -0.0786. The van der Waals surface area contributed by atoms with Gasteiger partial charge in [0.15, 0.2) is 0 Å². The van der Waals surface area contributed by atoms with Crippen LogP contribution in [0.25, 0.3) is 0 Å². The predicted octanol–water partition coefficient (Wildman–Crippen LogP) is 7.63. The van der Waals surface area contributed by atoms with E-state index in [2.05, 4.69) is 47.6 Å². The van der Waals surface area contributed by atoms with Crippen molar-refractivity contribution >= 4 is 0 Å². The molecule has 5 rings (SSSR count). The monoisotopic (exact) mass is 412 g/mol. The molecule has 0 saturated heterocycles. The van der Waals surface area contributed by atoms with Crippen LogP contribution in [0.3, 0.4) is 0 Å². The van der Waals surface area contributed by atoms with Gasteiger partial charge in [0.05, 0.1) is 6.10 Å². The molecule has 0 aromatic heterocycles. The SMILES string of the molecule is CC[C@H]1[C@H](C[C@@H](C)[C@H]2CC[C@H]3[C@@H]4CC=C5C[C@@H](O)CC[C@]5(C)[C@H]4CC[C@]23C)C1(C)C. The van der Waals surface area contributed by atoms with Crippen LogP contribution in [0, 0.1) is 57.7 Å². The Morgan fingerprint density at radius 3 is 2.47 bits per heavy atom. The normalized spacial score (nSPS) is 52.6. The van der Waals surface area contributed by atoms with Gasteiger partial charge in [-0.15, -0.1) is 0 Å². The lowest BCUT2D eigenvalue weighted by atomic mass is 9.47. The Bertz CT molecular complexity index is 705. The molecular weight excluding hydrogens is 364 g/mol. The van der Waals surface area contributed by atoms with Crippen molar-refractivity contribution in [3.05, 3.63) is 11.6 Å². The van der Waals surface area contributed by atoms with Gasteiger partial charge in [-0.25, -0.2) is 0 Å². The quantitative estimate of drug-likeness (QED) is 0.470. The molecule has 0 spiro atoms. The molecule has 4 fully saturated rings. The Hall–Kier alpha value is -0.300. The molecule has 170 valence electrons. The molecule has 1 N–H and O–H groups in total. The molecule has 1 heteroatoms. The fourth-order valence-corrected chi connectivity index (χ4v) is 10.3. The molecule has 5 aliphatic carbocycles. The van der Waals surface area contributed by atoms with Gasteiger partial charge in [0.25, 0.3) is 0 Å². The Kier molecular flexibility index (Phi) is 5.10. The number of aliphatic hydroxyl groups is 1. The highest BCUT2D eigenvalue weighted by molar-refractivity contribution is 5.25. The molecule has 0 heterocycles. The van der Waals surface area contributed by atoms with Gasteiger partial charge >= 0.3 is 0 Å². The standard InChI is InChI=1S/C29H48O/c1-7-22-26(27(22,3)4)16-18(2)23-10-11-24-21-9-8-19-17-20(30)12-14-28(19,5)25(21)13-15-29(23,24)6/h8,18,20-26,30H,7,9-17H2,1-6H3/t18-,20+,21+,22+,23-,24+,25+,26+,28+,29-/m1/s1. The van der Waals surface area contributed by atoms with E-state index in [1.165, 1.54) is 51.4 Å². The van der Waals surface area contributed by atoms with Gasteiger partial charge in [-0.2, -0.15) is 0 Å². The van der Waals surface area contributed by atoms with E-state index in [1.54, 1.807) is 5.57 Å². The van der Waals surface area contributed by atoms with Crippen LogP contribution in [0.1, 0.15) is 106 Å². The number of allylic oxidation sites excluding steroid dienone is 1.